The van der Waals surface area contributed by atoms with E-state index >= 15 is 0 Å². The van der Waals surface area contributed by atoms with Crippen LogP contribution in [0.5, 0.6) is 0 Å². The molecule has 4 aromatic carbocycles. The maximum atomic E-state index is 14.9. The Labute approximate surface area is 483 Å². The summed E-state index contributed by atoms with van der Waals surface area (Å²) in [6, 6.07) is 34.1. The quantitative estimate of drug-likeness (QED) is 0.0667. The number of likely N-dealkylation sites (N-methyl/N-ethyl adjacent to an activating group) is 1. The highest BCUT2D eigenvalue weighted by atomic mass is 16.5. The number of ether oxygens (including phenoxy) is 1. The second-order valence-corrected chi connectivity index (χ2v) is 24.0. The number of Topliss-reactive ketones (excluding diaryl/α,β-unsaturated/α-hetero) is 1. The van der Waals surface area contributed by atoms with E-state index in [0.717, 1.165) is 92.9 Å². The van der Waals surface area contributed by atoms with Crippen molar-refractivity contribution in [3.05, 3.63) is 131 Å². The van der Waals surface area contributed by atoms with Gasteiger partial charge in [-0.2, -0.15) is 0 Å². The number of ketones is 1. The highest BCUT2D eigenvalue weighted by molar-refractivity contribution is 5.96. The van der Waals surface area contributed by atoms with Crippen LogP contribution in [0.3, 0.4) is 0 Å². The molecular weight excluding hydrogens is 1010 g/mol. The molecule has 2 heterocycles. The molecule has 2 saturated carbocycles. The maximum Gasteiger partial charge on any atom is 0.253 e. The zero-order valence-corrected chi connectivity index (χ0v) is 49.4. The number of carbonyl (C=O) groups is 6. The van der Waals surface area contributed by atoms with Gasteiger partial charge in [0, 0.05) is 75.8 Å². The molecule has 2 saturated heterocycles. The Balaban J connectivity index is 0.997. The van der Waals surface area contributed by atoms with Gasteiger partial charge in [-0.25, -0.2) is 0 Å². The van der Waals surface area contributed by atoms with Gasteiger partial charge in [-0.1, -0.05) is 144 Å². The molecule has 436 valence electrons. The Morgan fingerprint density at radius 1 is 0.605 bits per heavy atom. The van der Waals surface area contributed by atoms with E-state index in [-0.39, 0.29) is 96.1 Å². The van der Waals surface area contributed by atoms with Crippen molar-refractivity contribution >= 4 is 35.3 Å². The molecule has 13 heteroatoms. The molecule has 2 N–H and O–H groups in total. The molecule has 4 aromatic rings. The van der Waals surface area contributed by atoms with Crippen molar-refractivity contribution in [2.75, 3.05) is 53.4 Å². The summed E-state index contributed by atoms with van der Waals surface area (Å²) >= 11 is 0. The number of benzene rings is 4. The van der Waals surface area contributed by atoms with E-state index in [9.17, 15) is 28.8 Å². The van der Waals surface area contributed by atoms with Crippen molar-refractivity contribution in [3.8, 4) is 11.1 Å². The molecule has 2 aliphatic carbocycles. The summed E-state index contributed by atoms with van der Waals surface area (Å²) in [6.07, 6.45) is 13.6. The van der Waals surface area contributed by atoms with Gasteiger partial charge in [0.15, 0.2) is 0 Å². The minimum Gasteiger partial charge on any atom is -0.379 e. The summed E-state index contributed by atoms with van der Waals surface area (Å²) in [7, 11) is 3.47. The molecular formula is C68H92N6O7. The predicted octanol–water partition coefficient (Wildman–Crippen LogP) is 10.5. The molecule has 0 radical (unpaired) electrons. The number of hydrogen-bond acceptors (Lipinski definition) is 8. The molecule has 4 fully saturated rings. The lowest BCUT2D eigenvalue weighted by Crippen LogP contribution is -2.57. The first kappa shape index (κ1) is 60.9. The number of rotatable bonds is 25. The first-order valence-corrected chi connectivity index (χ1v) is 30.8. The van der Waals surface area contributed by atoms with Crippen molar-refractivity contribution in [2.45, 2.75) is 161 Å². The fourth-order valence-electron chi connectivity index (χ4n) is 13.2. The summed E-state index contributed by atoms with van der Waals surface area (Å²) in [6.45, 7) is 10.6. The number of methoxy groups -OCH3 is 1. The zero-order valence-electron chi connectivity index (χ0n) is 49.4. The molecule has 0 aromatic heterocycles. The van der Waals surface area contributed by atoms with Gasteiger partial charge in [0.1, 0.15) is 11.8 Å². The van der Waals surface area contributed by atoms with Crippen molar-refractivity contribution in [2.24, 2.45) is 29.6 Å². The number of likely N-dealkylation sites (tertiary alicyclic amines) is 2. The Hall–Kier alpha value is -6.18. The van der Waals surface area contributed by atoms with E-state index in [1.165, 1.54) is 0 Å². The monoisotopic (exact) mass is 1100 g/mol. The van der Waals surface area contributed by atoms with Crippen LogP contribution in [0.2, 0.25) is 0 Å². The molecule has 5 amide bonds. The smallest absolute Gasteiger partial charge is 0.253 e. The molecule has 0 bridgehead atoms. The molecule has 4 aliphatic rings. The lowest BCUT2D eigenvalue weighted by molar-refractivity contribution is -0.142. The number of carbonyl (C=O) groups excluding carboxylic acids is 6. The number of nitrogens with zero attached hydrogens (tertiary/aromatic N) is 4. The minimum absolute atomic E-state index is 0.0594. The number of hydrogen-bond donors (Lipinski definition) is 2. The lowest BCUT2D eigenvalue weighted by Gasteiger charge is -2.38. The zero-order chi connectivity index (χ0) is 57.4. The summed E-state index contributed by atoms with van der Waals surface area (Å²) in [5, 5.41) is 6.30. The Bertz CT molecular complexity index is 2670. The van der Waals surface area contributed by atoms with Gasteiger partial charge in [0.2, 0.25) is 17.7 Å². The fourth-order valence-corrected chi connectivity index (χ4v) is 13.2. The van der Waals surface area contributed by atoms with E-state index in [2.05, 4.69) is 41.8 Å². The molecule has 81 heavy (non-hydrogen) atoms. The predicted molar refractivity (Wildman–Crippen MR) is 320 cm³/mol. The lowest BCUT2D eigenvalue weighted by atomic mass is 9.76. The van der Waals surface area contributed by atoms with Gasteiger partial charge >= 0.3 is 0 Å². The van der Waals surface area contributed by atoms with Crippen LogP contribution >= 0.6 is 0 Å². The first-order chi connectivity index (χ1) is 39.3. The highest BCUT2D eigenvalue weighted by Gasteiger charge is 2.45. The normalized spacial score (nSPS) is 21.2. The van der Waals surface area contributed by atoms with Crippen LogP contribution < -0.4 is 10.6 Å². The average molecular weight is 1110 g/mol. The third-order valence-corrected chi connectivity index (χ3v) is 18.9. The Kier molecular flexibility index (Phi) is 22.3. The van der Waals surface area contributed by atoms with Gasteiger partial charge in [-0.05, 0) is 136 Å². The van der Waals surface area contributed by atoms with E-state index in [1.54, 1.807) is 14.2 Å². The number of nitrogens with one attached hydrogen (secondary N) is 2. The molecule has 8 atom stereocenters. The maximum absolute atomic E-state index is 14.9. The van der Waals surface area contributed by atoms with Crippen molar-refractivity contribution in [3.63, 3.8) is 0 Å². The summed E-state index contributed by atoms with van der Waals surface area (Å²) in [5.41, 5.74) is 5.11. The highest BCUT2D eigenvalue weighted by Crippen LogP contribution is 2.37. The largest absolute Gasteiger partial charge is 0.379 e. The fraction of sp³-hybridized carbons (Fsp3) is 0.559. The van der Waals surface area contributed by atoms with Crippen LogP contribution in [0, 0.1) is 29.6 Å². The molecule has 8 rings (SSSR count). The minimum atomic E-state index is -0.624. The van der Waals surface area contributed by atoms with Gasteiger partial charge in [0.05, 0.1) is 24.2 Å². The Morgan fingerprint density at radius 2 is 1.09 bits per heavy atom. The Morgan fingerprint density at radius 3 is 1.58 bits per heavy atom. The second-order valence-electron chi connectivity index (χ2n) is 24.0. The molecule has 0 spiro atoms. The molecule has 13 nitrogen and oxygen atoms in total. The standard InChI is InChI=1S/C68H92N6O7/c1-7-47(2)64(76)70-63(55-26-18-11-19-27-55)68(80)74-43-39-62(81-6)60(74)46-72(41-38-51-22-14-9-15-23-51)66(78)57-34-30-53(31-35-57)52-28-32-56(33-29-52)65(77)71(40-37-50-20-12-8-13-21-50)45-59-48(3)36-42-73(59)67(79)58(44-61(75)49(4)69-5)54-24-16-10-17-25-54/h8-9,12-15,20-23,28-35,47-49,54-55,58-60,62-63,69H,7,10-11,16-19,24-27,36-46H2,1-6H3,(H,70,76)/t47-,48+,49+,58+,59-,60-,62+,63+/m1/s1. The van der Waals surface area contributed by atoms with Crippen LogP contribution in [-0.4, -0.2) is 139 Å². The van der Waals surface area contributed by atoms with E-state index in [4.69, 9.17) is 4.74 Å². The van der Waals surface area contributed by atoms with Crippen molar-refractivity contribution < 1.29 is 33.5 Å². The summed E-state index contributed by atoms with van der Waals surface area (Å²) in [5.74, 6) is -0.432. The summed E-state index contributed by atoms with van der Waals surface area (Å²) < 4.78 is 6.07. The third-order valence-electron chi connectivity index (χ3n) is 18.9. The second kappa shape index (κ2) is 29.7. The van der Waals surface area contributed by atoms with Crippen molar-refractivity contribution in [1.82, 2.24) is 30.2 Å². The van der Waals surface area contributed by atoms with Gasteiger partial charge in [-0.3, -0.25) is 28.8 Å². The van der Waals surface area contributed by atoms with Gasteiger partial charge in [-0.15, -0.1) is 0 Å². The van der Waals surface area contributed by atoms with E-state index < -0.39 is 12.1 Å². The van der Waals surface area contributed by atoms with Crippen LogP contribution in [0.1, 0.15) is 149 Å². The number of amides is 5. The van der Waals surface area contributed by atoms with E-state index in [0.29, 0.717) is 69.5 Å². The van der Waals surface area contributed by atoms with Crippen molar-refractivity contribution in [1.29, 1.82) is 0 Å². The van der Waals surface area contributed by atoms with Crippen LogP contribution in [0.25, 0.3) is 11.1 Å². The van der Waals surface area contributed by atoms with Crippen LogP contribution in [0.4, 0.5) is 0 Å². The van der Waals surface area contributed by atoms with Crippen LogP contribution in [0.15, 0.2) is 109 Å². The SMILES string of the molecule is CC[C@@H](C)C(=O)N[C@H](C(=O)N1CC[C@H](OC)[C@H]1CN(CCc1ccccc1)C(=O)c1ccc(-c2ccc(C(=O)N(CCc3ccccc3)C[C@@H]3[C@@H](C)CCN3C(=O)[C@@H](CC(=O)[C@H](C)NC)C3CCCCC3)cc2)cc1)C1CCCCC1. The first-order valence-electron chi connectivity index (χ1n) is 30.8. The molecule has 0 unspecified atom stereocenters. The summed E-state index contributed by atoms with van der Waals surface area (Å²) in [4.78, 5) is 94.0. The van der Waals surface area contributed by atoms with Gasteiger partial charge < -0.3 is 35.0 Å². The van der Waals surface area contributed by atoms with E-state index in [1.807, 2.05) is 125 Å². The average Bonchev–Trinajstić information content (AvgIpc) is 4.11. The third kappa shape index (κ3) is 15.7. The molecule has 2 aliphatic heterocycles. The topological polar surface area (TPSA) is 149 Å². The van der Waals surface area contributed by atoms with Gasteiger partial charge in [0.25, 0.3) is 11.8 Å². The van der Waals surface area contributed by atoms with Crippen LogP contribution in [-0.2, 0) is 36.8 Å².